The van der Waals surface area contributed by atoms with Gasteiger partial charge in [0.25, 0.3) is 0 Å². The molecule has 1 aliphatic carbocycles. The first kappa shape index (κ1) is 37.7. The summed E-state index contributed by atoms with van der Waals surface area (Å²) in [6, 6.07) is 30.3. The average Bonchev–Trinajstić information content (AvgIpc) is 3.40. The number of ether oxygens (including phenoxy) is 5. The first-order valence-corrected chi connectivity index (χ1v) is 18.1. The van der Waals surface area contributed by atoms with Crippen molar-refractivity contribution in [2.24, 2.45) is 5.92 Å². The summed E-state index contributed by atoms with van der Waals surface area (Å²) in [6.07, 6.45) is 1.43. The van der Waals surface area contributed by atoms with Crippen LogP contribution in [0.2, 0.25) is 0 Å². The van der Waals surface area contributed by atoms with Gasteiger partial charge in [-0.3, -0.25) is 0 Å². The predicted molar refractivity (Wildman–Crippen MR) is 208 cm³/mol. The predicted octanol–water partition coefficient (Wildman–Crippen LogP) is 10.1. The first-order valence-electron chi connectivity index (χ1n) is 18.1. The molecule has 1 N–H and O–H groups in total. The molecular formula is C45H54O6. The van der Waals surface area contributed by atoms with Gasteiger partial charge >= 0.3 is 0 Å². The molecule has 5 aromatic rings. The highest BCUT2D eigenvalue weighted by molar-refractivity contribution is 5.96. The Bertz CT molecular complexity index is 1950. The van der Waals surface area contributed by atoms with E-state index in [1.165, 1.54) is 22.8 Å². The molecule has 0 aliphatic heterocycles. The van der Waals surface area contributed by atoms with Crippen molar-refractivity contribution in [2.75, 3.05) is 40.6 Å². The Hall–Kier alpha value is -4.52. The van der Waals surface area contributed by atoms with Gasteiger partial charge in [-0.25, -0.2) is 0 Å². The molecule has 0 spiro atoms. The van der Waals surface area contributed by atoms with Crippen molar-refractivity contribution in [1.82, 2.24) is 0 Å². The smallest absolute Gasteiger partial charge is 0.161 e. The number of benzene rings is 5. The Kier molecular flexibility index (Phi) is 12.3. The summed E-state index contributed by atoms with van der Waals surface area (Å²) in [5, 5.41) is 11.8. The van der Waals surface area contributed by atoms with Crippen LogP contribution in [-0.2, 0) is 10.2 Å². The van der Waals surface area contributed by atoms with Crippen LogP contribution in [0, 0.1) is 19.8 Å². The fraction of sp³-hybridized carbons (Fsp3) is 0.378. The Morgan fingerprint density at radius 1 is 0.608 bits per heavy atom. The molecule has 6 heteroatoms. The Morgan fingerprint density at radius 3 is 1.65 bits per heavy atom. The van der Waals surface area contributed by atoms with Crippen LogP contribution in [0.25, 0.3) is 21.9 Å². The summed E-state index contributed by atoms with van der Waals surface area (Å²) in [7, 11) is 3.36. The Labute approximate surface area is 304 Å². The minimum atomic E-state index is -0.701. The molecule has 270 valence electrons. The molecule has 0 amide bonds. The van der Waals surface area contributed by atoms with Crippen LogP contribution in [0.15, 0.2) is 84.9 Å². The molecule has 0 fully saturated rings. The molecule has 2 atom stereocenters. The molecule has 0 heterocycles. The van der Waals surface area contributed by atoms with Crippen molar-refractivity contribution in [3.63, 3.8) is 0 Å². The number of fused-ring (bicyclic) bond motifs is 4. The fourth-order valence-corrected chi connectivity index (χ4v) is 6.94. The van der Waals surface area contributed by atoms with E-state index in [0.717, 1.165) is 50.4 Å². The molecule has 0 saturated carbocycles. The van der Waals surface area contributed by atoms with E-state index in [1.54, 1.807) is 14.2 Å². The summed E-state index contributed by atoms with van der Waals surface area (Å²) < 4.78 is 29.9. The first-order chi connectivity index (χ1) is 24.6. The van der Waals surface area contributed by atoms with Gasteiger partial charge in [0.2, 0.25) is 0 Å². The Balaban J connectivity index is 0.00000162. The Morgan fingerprint density at radius 2 is 1.12 bits per heavy atom. The number of aryl methyl sites for hydroxylation is 2. The van der Waals surface area contributed by atoms with Crippen LogP contribution >= 0.6 is 0 Å². The van der Waals surface area contributed by atoms with Gasteiger partial charge in [0.05, 0.1) is 39.0 Å². The topological polar surface area (TPSA) is 66.4 Å². The molecule has 0 aromatic heterocycles. The normalized spacial score (nSPS) is 15.1. The largest absolute Gasteiger partial charge is 0.493 e. The van der Waals surface area contributed by atoms with Crippen LogP contribution < -0.4 is 18.9 Å². The lowest BCUT2D eigenvalue weighted by Crippen LogP contribution is -2.29. The van der Waals surface area contributed by atoms with Crippen LogP contribution in [0.3, 0.4) is 0 Å². The zero-order chi connectivity index (χ0) is 36.7. The number of hydrogen-bond donors (Lipinski definition) is 1. The second-order valence-corrected chi connectivity index (χ2v) is 13.7. The zero-order valence-corrected chi connectivity index (χ0v) is 31.8. The van der Waals surface area contributed by atoms with Gasteiger partial charge in [0, 0.05) is 0 Å². The van der Waals surface area contributed by atoms with Crippen molar-refractivity contribution in [3.8, 4) is 34.1 Å². The fourth-order valence-electron chi connectivity index (χ4n) is 6.94. The molecule has 0 saturated heterocycles. The summed E-state index contributed by atoms with van der Waals surface area (Å²) in [5.74, 6) is 3.40. The van der Waals surface area contributed by atoms with E-state index in [4.69, 9.17) is 23.7 Å². The molecule has 6 nitrogen and oxygen atoms in total. The molecule has 2 unspecified atom stereocenters. The maximum absolute atomic E-state index is 9.43. The second kappa shape index (κ2) is 16.7. The highest BCUT2D eigenvalue weighted by atomic mass is 16.5. The lowest BCUT2D eigenvalue weighted by atomic mass is 9.67. The molecule has 5 aromatic carbocycles. The minimum Gasteiger partial charge on any atom is -0.493 e. The van der Waals surface area contributed by atoms with E-state index >= 15 is 0 Å². The van der Waals surface area contributed by atoms with E-state index in [-0.39, 0.29) is 19.3 Å². The summed E-state index contributed by atoms with van der Waals surface area (Å²) in [4.78, 5) is 0. The van der Waals surface area contributed by atoms with E-state index in [0.29, 0.717) is 30.6 Å². The minimum absolute atomic E-state index is 0.0445. The number of rotatable bonds is 13. The standard InChI is InChI=1S/C42H46O6.C3H8/c1-26(2)29(5)46-18-19-48-39-15-13-33(21-28(39)4)42(32-12-14-38(27(3)20-32)47-17-16-43)36-23-31-11-9-8-10-30(31)22-34(36)35-24-40(44-6)41(45-7)25-37(35)42;1-3-2/h8-15,20-26,29,43H,16-19H2,1-7H3;3H2,1-2H3. The summed E-state index contributed by atoms with van der Waals surface area (Å²) in [5.41, 5.74) is 8.08. The third-order valence-corrected chi connectivity index (χ3v) is 9.73. The summed E-state index contributed by atoms with van der Waals surface area (Å²) in [6.45, 7) is 16.0. The van der Waals surface area contributed by atoms with Crippen LogP contribution in [0.5, 0.6) is 23.0 Å². The van der Waals surface area contributed by atoms with Gasteiger partial charge in [-0.15, -0.1) is 0 Å². The maximum atomic E-state index is 9.43. The molecule has 1 aliphatic rings. The second-order valence-electron chi connectivity index (χ2n) is 13.7. The van der Waals surface area contributed by atoms with E-state index in [1.807, 2.05) is 6.07 Å². The third-order valence-electron chi connectivity index (χ3n) is 9.73. The van der Waals surface area contributed by atoms with Crippen molar-refractivity contribution < 1.29 is 28.8 Å². The van der Waals surface area contributed by atoms with Gasteiger partial charge in [0.1, 0.15) is 24.7 Å². The number of aliphatic hydroxyl groups is 1. The van der Waals surface area contributed by atoms with E-state index < -0.39 is 5.41 Å². The van der Waals surface area contributed by atoms with Crippen LogP contribution in [-0.4, -0.2) is 51.9 Å². The van der Waals surface area contributed by atoms with Gasteiger partial charge in [0.15, 0.2) is 11.5 Å². The van der Waals surface area contributed by atoms with E-state index in [2.05, 4.69) is 127 Å². The van der Waals surface area contributed by atoms with Crippen LogP contribution in [0.1, 0.15) is 74.4 Å². The molecular weight excluding hydrogens is 636 g/mol. The maximum Gasteiger partial charge on any atom is 0.161 e. The SMILES string of the molecule is CCC.COc1cc2c(cc1OC)C(c1ccc(OCCO)c(C)c1)(c1ccc(OCCOC(C)C(C)C)c(C)c1)c1cc3ccccc3cc1-2. The van der Waals surface area contributed by atoms with Crippen LogP contribution in [0.4, 0.5) is 0 Å². The average molecular weight is 691 g/mol. The monoisotopic (exact) mass is 690 g/mol. The lowest BCUT2D eigenvalue weighted by molar-refractivity contribution is 0.0187. The number of aliphatic hydroxyl groups excluding tert-OH is 1. The molecule has 6 rings (SSSR count). The summed E-state index contributed by atoms with van der Waals surface area (Å²) >= 11 is 0. The highest BCUT2D eigenvalue weighted by Crippen LogP contribution is 2.59. The van der Waals surface area contributed by atoms with Crippen molar-refractivity contribution >= 4 is 10.8 Å². The van der Waals surface area contributed by atoms with Gasteiger partial charge < -0.3 is 28.8 Å². The van der Waals surface area contributed by atoms with Crippen molar-refractivity contribution in [3.05, 3.63) is 118 Å². The van der Waals surface area contributed by atoms with Gasteiger partial charge in [-0.1, -0.05) is 82.6 Å². The quantitative estimate of drug-likeness (QED) is 0.122. The number of methoxy groups -OCH3 is 2. The zero-order valence-electron chi connectivity index (χ0n) is 31.8. The van der Waals surface area contributed by atoms with Crippen molar-refractivity contribution in [1.29, 1.82) is 0 Å². The molecule has 51 heavy (non-hydrogen) atoms. The van der Waals surface area contributed by atoms with E-state index in [9.17, 15) is 5.11 Å². The lowest BCUT2D eigenvalue weighted by Gasteiger charge is -2.35. The van der Waals surface area contributed by atoms with Crippen molar-refractivity contribution in [2.45, 2.75) is 66.4 Å². The van der Waals surface area contributed by atoms with Gasteiger partial charge in [-0.05, 0) is 118 Å². The third kappa shape index (κ3) is 7.44. The highest BCUT2D eigenvalue weighted by Gasteiger charge is 2.47. The molecule has 0 radical (unpaired) electrons. The number of hydrogen-bond acceptors (Lipinski definition) is 6. The van der Waals surface area contributed by atoms with Gasteiger partial charge in [-0.2, -0.15) is 0 Å². The molecule has 0 bridgehead atoms.